The fraction of sp³-hybridized carbons (Fsp3) is 0.0909. The summed E-state index contributed by atoms with van der Waals surface area (Å²) in [7, 11) is 0. The van der Waals surface area contributed by atoms with Gasteiger partial charge in [-0.3, -0.25) is 0 Å². The number of aromatic nitrogens is 3. The number of hydrogen-bond acceptors (Lipinski definition) is 3. The smallest absolute Gasteiger partial charge is 0.217 e. The molecule has 0 bridgehead atoms. The SMILES string of the molecule is FC(F)(F)c1ccc(-c2cn3ncsc3n2)cc1. The van der Waals surface area contributed by atoms with Crippen LogP contribution in [0.15, 0.2) is 36.0 Å². The first-order valence-corrected chi connectivity index (χ1v) is 5.88. The van der Waals surface area contributed by atoms with Gasteiger partial charge in [0.15, 0.2) is 0 Å². The minimum atomic E-state index is -4.31. The van der Waals surface area contributed by atoms with Crippen molar-refractivity contribution < 1.29 is 13.2 Å². The highest BCUT2D eigenvalue weighted by Crippen LogP contribution is 2.30. The van der Waals surface area contributed by atoms with Crippen LogP contribution in [0.1, 0.15) is 5.56 Å². The van der Waals surface area contributed by atoms with Gasteiger partial charge >= 0.3 is 6.18 Å². The molecule has 0 N–H and O–H groups in total. The van der Waals surface area contributed by atoms with E-state index in [1.807, 2.05) is 0 Å². The average Bonchev–Trinajstić information content (AvgIpc) is 2.88. The van der Waals surface area contributed by atoms with Gasteiger partial charge in [-0.2, -0.15) is 18.3 Å². The van der Waals surface area contributed by atoms with Crippen LogP contribution in [0.5, 0.6) is 0 Å². The number of nitrogens with zero attached hydrogens (tertiary/aromatic N) is 3. The van der Waals surface area contributed by atoms with Crippen molar-refractivity contribution in [2.24, 2.45) is 0 Å². The normalized spacial score (nSPS) is 12.2. The maximum Gasteiger partial charge on any atom is 0.416 e. The molecule has 0 radical (unpaired) electrons. The molecule has 0 spiro atoms. The molecule has 1 aromatic carbocycles. The molecule has 0 aliphatic rings. The summed E-state index contributed by atoms with van der Waals surface area (Å²) < 4.78 is 38.8. The number of fused-ring (bicyclic) bond motifs is 1. The molecule has 7 heteroatoms. The summed E-state index contributed by atoms with van der Waals surface area (Å²) >= 11 is 1.37. The van der Waals surface area contributed by atoms with Crippen molar-refractivity contribution in [3.05, 3.63) is 41.5 Å². The van der Waals surface area contributed by atoms with Crippen molar-refractivity contribution in [1.82, 2.24) is 14.6 Å². The lowest BCUT2D eigenvalue weighted by Crippen LogP contribution is -2.03. The maximum absolute atomic E-state index is 12.4. The Kier molecular flexibility index (Phi) is 2.37. The number of alkyl halides is 3. The van der Waals surface area contributed by atoms with Gasteiger partial charge in [-0.1, -0.05) is 23.5 Å². The summed E-state index contributed by atoms with van der Waals surface area (Å²) in [5, 5.41) is 4.01. The van der Waals surface area contributed by atoms with Gasteiger partial charge in [-0.15, -0.1) is 0 Å². The molecule has 0 unspecified atom stereocenters. The highest BCUT2D eigenvalue weighted by atomic mass is 32.1. The average molecular weight is 269 g/mol. The van der Waals surface area contributed by atoms with Crippen molar-refractivity contribution in [2.75, 3.05) is 0 Å². The lowest BCUT2D eigenvalue weighted by molar-refractivity contribution is -0.137. The van der Waals surface area contributed by atoms with Gasteiger partial charge in [0.25, 0.3) is 0 Å². The first-order chi connectivity index (χ1) is 8.54. The summed E-state index contributed by atoms with van der Waals surface area (Å²) in [5.41, 5.74) is 2.24. The Labute approximate surface area is 104 Å². The van der Waals surface area contributed by atoms with E-state index in [0.29, 0.717) is 16.2 Å². The van der Waals surface area contributed by atoms with Crippen LogP contribution >= 0.6 is 11.3 Å². The predicted molar refractivity (Wildman–Crippen MR) is 61.3 cm³/mol. The summed E-state index contributed by atoms with van der Waals surface area (Å²) in [5.74, 6) is 0. The third-order valence-electron chi connectivity index (χ3n) is 2.49. The molecule has 2 heterocycles. The zero-order valence-electron chi connectivity index (χ0n) is 8.85. The standard InChI is InChI=1S/C11H6F3N3S/c12-11(13,14)8-3-1-7(2-4-8)9-5-17-10(16-9)18-6-15-17/h1-6H. The van der Waals surface area contributed by atoms with Gasteiger partial charge < -0.3 is 0 Å². The van der Waals surface area contributed by atoms with E-state index in [9.17, 15) is 13.2 Å². The second-order valence-electron chi connectivity index (χ2n) is 3.67. The van der Waals surface area contributed by atoms with Crippen molar-refractivity contribution in [3.8, 4) is 11.3 Å². The minimum absolute atomic E-state index is 0.614. The number of hydrogen-bond donors (Lipinski definition) is 0. The van der Waals surface area contributed by atoms with E-state index in [-0.39, 0.29) is 0 Å². The number of benzene rings is 1. The minimum Gasteiger partial charge on any atom is -0.217 e. The second kappa shape index (κ2) is 3.81. The van der Waals surface area contributed by atoms with E-state index in [1.165, 1.54) is 23.5 Å². The third kappa shape index (κ3) is 1.86. The molecule has 0 saturated carbocycles. The zero-order chi connectivity index (χ0) is 12.8. The van der Waals surface area contributed by atoms with Crippen LogP contribution in [0.25, 0.3) is 16.2 Å². The molecule has 0 fully saturated rings. The van der Waals surface area contributed by atoms with E-state index in [4.69, 9.17) is 0 Å². The molecule has 3 rings (SSSR count). The monoisotopic (exact) mass is 269 g/mol. The van der Waals surface area contributed by atoms with E-state index >= 15 is 0 Å². The van der Waals surface area contributed by atoms with E-state index in [0.717, 1.165) is 12.1 Å². The first kappa shape index (κ1) is 11.2. The summed E-state index contributed by atoms with van der Waals surface area (Å²) in [6.45, 7) is 0. The lowest BCUT2D eigenvalue weighted by atomic mass is 10.1. The molecular formula is C11H6F3N3S. The summed E-state index contributed by atoms with van der Waals surface area (Å²) in [6.07, 6.45) is -2.62. The van der Waals surface area contributed by atoms with Gasteiger partial charge in [0.1, 0.15) is 5.51 Å². The molecule has 0 aliphatic heterocycles. The van der Waals surface area contributed by atoms with E-state index < -0.39 is 11.7 Å². The topological polar surface area (TPSA) is 30.2 Å². The number of halogens is 3. The van der Waals surface area contributed by atoms with Gasteiger partial charge in [-0.25, -0.2) is 9.50 Å². The molecule has 2 aromatic heterocycles. The largest absolute Gasteiger partial charge is 0.416 e. The maximum atomic E-state index is 12.4. The fourth-order valence-electron chi connectivity index (χ4n) is 1.61. The molecule has 0 saturated heterocycles. The Morgan fingerprint density at radius 3 is 2.44 bits per heavy atom. The Balaban J connectivity index is 2.00. The molecule has 0 atom stereocenters. The van der Waals surface area contributed by atoms with Crippen molar-refractivity contribution in [3.63, 3.8) is 0 Å². The van der Waals surface area contributed by atoms with Crippen LogP contribution in [0.4, 0.5) is 13.2 Å². The van der Waals surface area contributed by atoms with Crippen LogP contribution in [0.3, 0.4) is 0 Å². The Hall–Kier alpha value is -1.89. The Morgan fingerprint density at radius 1 is 1.11 bits per heavy atom. The summed E-state index contributed by atoms with van der Waals surface area (Å²) in [6, 6.07) is 4.93. The van der Waals surface area contributed by atoms with Crippen molar-refractivity contribution in [1.29, 1.82) is 0 Å². The highest BCUT2D eigenvalue weighted by Gasteiger charge is 2.30. The Bertz CT molecular complexity index is 653. The molecule has 3 nitrogen and oxygen atoms in total. The molecule has 0 aliphatic carbocycles. The van der Waals surface area contributed by atoms with Crippen LogP contribution in [0, 0.1) is 0 Å². The van der Waals surface area contributed by atoms with Crippen LogP contribution in [-0.4, -0.2) is 14.6 Å². The van der Waals surface area contributed by atoms with Gasteiger partial charge in [-0.05, 0) is 12.1 Å². The Morgan fingerprint density at radius 2 is 1.83 bits per heavy atom. The number of rotatable bonds is 1. The van der Waals surface area contributed by atoms with E-state index in [2.05, 4.69) is 10.1 Å². The van der Waals surface area contributed by atoms with Crippen LogP contribution < -0.4 is 0 Å². The first-order valence-electron chi connectivity index (χ1n) is 5.00. The lowest BCUT2D eigenvalue weighted by Gasteiger charge is -2.06. The zero-order valence-corrected chi connectivity index (χ0v) is 9.66. The van der Waals surface area contributed by atoms with Crippen molar-refractivity contribution >= 4 is 16.3 Å². The third-order valence-corrected chi connectivity index (χ3v) is 3.18. The van der Waals surface area contributed by atoms with Crippen LogP contribution in [-0.2, 0) is 6.18 Å². The van der Waals surface area contributed by atoms with Crippen molar-refractivity contribution in [2.45, 2.75) is 6.18 Å². The molecule has 3 aromatic rings. The van der Waals surface area contributed by atoms with Gasteiger partial charge in [0, 0.05) is 5.56 Å². The second-order valence-corrected chi connectivity index (χ2v) is 4.48. The molecule has 92 valence electrons. The fourth-order valence-corrected chi connectivity index (χ4v) is 2.21. The van der Waals surface area contributed by atoms with Gasteiger partial charge in [0.05, 0.1) is 17.5 Å². The molecule has 0 amide bonds. The predicted octanol–water partition coefficient (Wildman–Crippen LogP) is 3.48. The van der Waals surface area contributed by atoms with Crippen LogP contribution in [0.2, 0.25) is 0 Å². The summed E-state index contributed by atoms with van der Waals surface area (Å²) in [4.78, 5) is 4.99. The van der Waals surface area contributed by atoms with E-state index in [1.54, 1.807) is 16.2 Å². The van der Waals surface area contributed by atoms with Gasteiger partial charge in [0.2, 0.25) is 4.96 Å². The quantitative estimate of drug-likeness (QED) is 0.677. The number of imidazole rings is 1. The molecule has 18 heavy (non-hydrogen) atoms. The molecular weight excluding hydrogens is 263 g/mol. The highest BCUT2D eigenvalue weighted by molar-refractivity contribution is 7.14.